The summed E-state index contributed by atoms with van der Waals surface area (Å²) in [7, 11) is 1.67. The minimum absolute atomic E-state index is 0. The fourth-order valence-corrected chi connectivity index (χ4v) is 3.22. The van der Waals surface area contributed by atoms with Crippen molar-refractivity contribution >= 4 is 35.8 Å². The molecular formula is C19H30IN7O3. The first-order valence-corrected chi connectivity index (χ1v) is 9.94. The molecule has 0 saturated carbocycles. The fourth-order valence-electron chi connectivity index (χ4n) is 3.22. The van der Waals surface area contributed by atoms with Gasteiger partial charge in [-0.25, -0.2) is 0 Å². The van der Waals surface area contributed by atoms with Crippen LogP contribution in [0.2, 0.25) is 0 Å². The Morgan fingerprint density at radius 3 is 2.73 bits per heavy atom. The van der Waals surface area contributed by atoms with E-state index in [0.29, 0.717) is 51.6 Å². The largest absolute Gasteiger partial charge is 0.459 e. The molecule has 2 aromatic rings. The van der Waals surface area contributed by atoms with Crippen LogP contribution in [0.15, 0.2) is 34.1 Å². The smallest absolute Gasteiger partial charge is 0.289 e. The first kappa shape index (κ1) is 24.1. The Balaban J connectivity index is 0.00000320. The number of aliphatic imine (C=N–C) groups is 1. The summed E-state index contributed by atoms with van der Waals surface area (Å²) < 4.78 is 12.4. The number of nitrogens with zero attached hydrogens (tertiary/aromatic N) is 6. The number of carbonyl (C=O) groups excluding carboxylic acids is 1. The average Bonchev–Trinajstić information content (AvgIpc) is 3.44. The molecule has 0 bridgehead atoms. The van der Waals surface area contributed by atoms with Crippen LogP contribution in [-0.4, -0.2) is 89.4 Å². The number of rotatable bonds is 8. The van der Waals surface area contributed by atoms with Crippen molar-refractivity contribution in [2.24, 2.45) is 4.99 Å². The maximum absolute atomic E-state index is 12.4. The number of nitrogens with one attached hydrogen (secondary N) is 1. The highest BCUT2D eigenvalue weighted by atomic mass is 127. The number of carbonyl (C=O) groups is 1. The lowest BCUT2D eigenvalue weighted by Crippen LogP contribution is -2.54. The number of hydrogen-bond donors (Lipinski definition) is 1. The highest BCUT2D eigenvalue weighted by molar-refractivity contribution is 14.0. The summed E-state index contributed by atoms with van der Waals surface area (Å²) in [4.78, 5) is 21.1. The quantitative estimate of drug-likeness (QED) is 0.236. The Morgan fingerprint density at radius 2 is 2.07 bits per heavy atom. The molecule has 0 radical (unpaired) electrons. The third kappa shape index (κ3) is 6.42. The van der Waals surface area contributed by atoms with Gasteiger partial charge in [-0.15, -0.1) is 34.2 Å². The summed E-state index contributed by atoms with van der Waals surface area (Å²) in [5, 5.41) is 11.5. The minimum atomic E-state index is -0.0693. The number of aromatic nitrogens is 3. The number of hydrogen-bond acceptors (Lipinski definition) is 6. The number of aryl methyl sites for hydroxylation is 1. The van der Waals surface area contributed by atoms with E-state index in [2.05, 4.69) is 32.3 Å². The summed E-state index contributed by atoms with van der Waals surface area (Å²) in [6, 6.07) is 3.43. The minimum Gasteiger partial charge on any atom is -0.459 e. The maximum Gasteiger partial charge on any atom is 0.289 e. The van der Waals surface area contributed by atoms with Gasteiger partial charge in [-0.1, -0.05) is 6.92 Å². The Hall–Kier alpha value is -2.15. The maximum atomic E-state index is 12.4. The van der Waals surface area contributed by atoms with Crippen LogP contribution in [0, 0.1) is 0 Å². The van der Waals surface area contributed by atoms with Gasteiger partial charge in [0.2, 0.25) is 0 Å². The van der Waals surface area contributed by atoms with Gasteiger partial charge < -0.3 is 28.8 Å². The second-order valence-electron chi connectivity index (χ2n) is 6.68. The Kier molecular flexibility index (Phi) is 10.1. The van der Waals surface area contributed by atoms with Crippen LogP contribution in [0.1, 0.15) is 23.3 Å². The molecule has 3 rings (SSSR count). The zero-order valence-corrected chi connectivity index (χ0v) is 19.8. The summed E-state index contributed by atoms with van der Waals surface area (Å²) in [6.07, 6.45) is 4.12. The van der Waals surface area contributed by atoms with Gasteiger partial charge in [-0.05, 0) is 12.1 Å². The van der Waals surface area contributed by atoms with Gasteiger partial charge in [-0.2, -0.15) is 0 Å². The van der Waals surface area contributed by atoms with E-state index >= 15 is 0 Å². The molecule has 1 saturated heterocycles. The number of guanidine groups is 1. The van der Waals surface area contributed by atoms with Gasteiger partial charge in [0, 0.05) is 52.8 Å². The van der Waals surface area contributed by atoms with Crippen molar-refractivity contribution in [3.8, 4) is 0 Å². The third-order valence-electron chi connectivity index (χ3n) is 4.80. The van der Waals surface area contributed by atoms with E-state index in [4.69, 9.17) is 9.15 Å². The number of furan rings is 1. The van der Waals surface area contributed by atoms with Crippen LogP contribution in [-0.2, 0) is 17.7 Å². The molecule has 0 aromatic carbocycles. The molecule has 2 aromatic heterocycles. The molecule has 1 N–H and O–H groups in total. The van der Waals surface area contributed by atoms with Gasteiger partial charge >= 0.3 is 0 Å². The summed E-state index contributed by atoms with van der Waals surface area (Å²) in [5.74, 6) is 2.11. The van der Waals surface area contributed by atoms with E-state index in [9.17, 15) is 4.79 Å². The predicted molar refractivity (Wildman–Crippen MR) is 123 cm³/mol. The number of piperazine rings is 1. The topological polar surface area (TPSA) is 101 Å². The molecule has 30 heavy (non-hydrogen) atoms. The molecule has 3 heterocycles. The van der Waals surface area contributed by atoms with Crippen LogP contribution in [0.25, 0.3) is 0 Å². The molecule has 11 heteroatoms. The molecular weight excluding hydrogens is 501 g/mol. The first-order chi connectivity index (χ1) is 14.2. The lowest BCUT2D eigenvalue weighted by atomic mass is 10.3. The van der Waals surface area contributed by atoms with Crippen LogP contribution >= 0.6 is 24.0 Å². The van der Waals surface area contributed by atoms with Gasteiger partial charge in [0.25, 0.3) is 5.91 Å². The average molecular weight is 531 g/mol. The number of halogens is 1. The van der Waals surface area contributed by atoms with E-state index < -0.39 is 0 Å². The lowest BCUT2D eigenvalue weighted by molar-refractivity contribution is 0.0657. The summed E-state index contributed by atoms with van der Waals surface area (Å²) in [6.45, 7) is 7.33. The van der Waals surface area contributed by atoms with Crippen molar-refractivity contribution in [3.63, 3.8) is 0 Å². The second-order valence-corrected chi connectivity index (χ2v) is 6.68. The van der Waals surface area contributed by atoms with Crippen molar-refractivity contribution in [1.29, 1.82) is 0 Å². The molecule has 1 aliphatic heterocycles. The standard InChI is InChI=1S/C19H29N7O3.HI/c1-3-17-23-22-15-26(17)8-6-20-19(21-7-14-28-2)25-11-9-24(10-12-25)18(27)16-5-4-13-29-16;/h4-5,13,15H,3,6-12,14H2,1-2H3,(H,20,21);1H. The monoisotopic (exact) mass is 531 g/mol. The summed E-state index contributed by atoms with van der Waals surface area (Å²) >= 11 is 0. The van der Waals surface area contributed by atoms with E-state index in [1.165, 1.54) is 6.26 Å². The molecule has 166 valence electrons. The van der Waals surface area contributed by atoms with E-state index in [0.717, 1.165) is 24.7 Å². The molecule has 0 spiro atoms. The van der Waals surface area contributed by atoms with E-state index in [-0.39, 0.29) is 29.9 Å². The molecule has 1 fully saturated rings. The lowest BCUT2D eigenvalue weighted by Gasteiger charge is -2.36. The van der Waals surface area contributed by atoms with E-state index in [1.807, 2.05) is 9.47 Å². The van der Waals surface area contributed by atoms with Crippen LogP contribution in [0.5, 0.6) is 0 Å². The first-order valence-electron chi connectivity index (χ1n) is 9.94. The normalized spacial score (nSPS) is 14.5. The zero-order valence-electron chi connectivity index (χ0n) is 17.5. The molecule has 0 atom stereocenters. The van der Waals surface area contributed by atoms with E-state index in [1.54, 1.807) is 25.6 Å². The fraction of sp³-hybridized carbons (Fsp3) is 0.579. The second kappa shape index (κ2) is 12.5. The van der Waals surface area contributed by atoms with Crippen molar-refractivity contribution in [2.45, 2.75) is 19.9 Å². The molecule has 0 aliphatic carbocycles. The number of methoxy groups -OCH3 is 1. The zero-order chi connectivity index (χ0) is 20.5. The van der Waals surface area contributed by atoms with Crippen molar-refractivity contribution < 1.29 is 13.9 Å². The van der Waals surface area contributed by atoms with Gasteiger partial charge in [-0.3, -0.25) is 9.79 Å². The van der Waals surface area contributed by atoms with Crippen molar-refractivity contribution in [2.75, 3.05) is 53.0 Å². The van der Waals surface area contributed by atoms with Crippen molar-refractivity contribution in [1.82, 2.24) is 29.9 Å². The van der Waals surface area contributed by atoms with Crippen molar-refractivity contribution in [3.05, 3.63) is 36.3 Å². The molecule has 1 aliphatic rings. The highest BCUT2D eigenvalue weighted by Crippen LogP contribution is 2.09. The Labute approximate surface area is 193 Å². The Bertz CT molecular complexity index is 786. The van der Waals surface area contributed by atoms with Crippen LogP contribution in [0.3, 0.4) is 0 Å². The highest BCUT2D eigenvalue weighted by Gasteiger charge is 2.25. The van der Waals surface area contributed by atoms with Gasteiger partial charge in [0.05, 0.1) is 19.4 Å². The SMILES string of the molecule is CCc1nncn1CCNC(=NCCOC)N1CCN(C(=O)c2ccco2)CC1.I. The van der Waals surface area contributed by atoms with Crippen LogP contribution in [0.4, 0.5) is 0 Å². The van der Waals surface area contributed by atoms with Gasteiger partial charge in [0.15, 0.2) is 11.7 Å². The number of amides is 1. The predicted octanol–water partition coefficient (Wildman–Crippen LogP) is 1.10. The third-order valence-corrected chi connectivity index (χ3v) is 4.80. The van der Waals surface area contributed by atoms with Crippen LogP contribution < -0.4 is 5.32 Å². The van der Waals surface area contributed by atoms with Gasteiger partial charge in [0.1, 0.15) is 12.2 Å². The molecule has 1 amide bonds. The Morgan fingerprint density at radius 1 is 1.30 bits per heavy atom. The summed E-state index contributed by atoms with van der Waals surface area (Å²) in [5.41, 5.74) is 0. The molecule has 10 nitrogen and oxygen atoms in total. The number of ether oxygens (including phenoxy) is 1. The molecule has 0 unspecified atom stereocenters.